The highest BCUT2D eigenvalue weighted by Crippen LogP contribution is 2.47. The number of aromatic nitrogens is 1. The Balaban J connectivity index is 2.07. The molecule has 2 unspecified atom stereocenters. The smallest absolute Gasteiger partial charge is 0.168 e. The van der Waals surface area contributed by atoms with E-state index in [0.717, 1.165) is 17.7 Å². The highest BCUT2D eigenvalue weighted by molar-refractivity contribution is 14.1. The number of halogens is 3. The van der Waals surface area contributed by atoms with Crippen LogP contribution in [0.4, 0.5) is 8.78 Å². The van der Waals surface area contributed by atoms with Gasteiger partial charge in [0.2, 0.25) is 0 Å². The van der Waals surface area contributed by atoms with Crippen molar-refractivity contribution in [2.45, 2.75) is 16.5 Å². The molecule has 3 heterocycles. The van der Waals surface area contributed by atoms with Gasteiger partial charge in [-0.1, -0.05) is 22.6 Å². The van der Waals surface area contributed by atoms with Crippen LogP contribution >= 0.6 is 22.6 Å². The van der Waals surface area contributed by atoms with Gasteiger partial charge in [0.25, 0.3) is 0 Å². The van der Waals surface area contributed by atoms with E-state index in [2.05, 4.69) is 32.9 Å². The largest absolute Gasteiger partial charge is 0.373 e. The third-order valence-corrected chi connectivity index (χ3v) is 4.98. The number of likely N-dealkylation sites (N-methyl/N-ethyl adjacent to an activating group) is 1. The van der Waals surface area contributed by atoms with Gasteiger partial charge in [-0.3, -0.25) is 4.98 Å². The molecule has 1 aromatic heterocycles. The van der Waals surface area contributed by atoms with Crippen molar-refractivity contribution in [3.05, 3.63) is 52.8 Å². The Hall–Kier alpha value is -1.44. The van der Waals surface area contributed by atoms with Crippen molar-refractivity contribution in [3.63, 3.8) is 0 Å². The number of hydrogen-bond donors (Lipinski definition) is 1. The van der Waals surface area contributed by atoms with Gasteiger partial charge in [-0.2, -0.15) is 0 Å². The average Bonchev–Trinajstić information content (AvgIpc) is 2.78. The predicted octanol–water partition coefficient (Wildman–Crippen LogP) is 3.37. The molecule has 0 saturated carbocycles. The summed E-state index contributed by atoms with van der Waals surface area (Å²) < 4.78 is 29.3. The number of alkyl halides is 1. The van der Waals surface area contributed by atoms with Crippen LogP contribution in [0.3, 0.4) is 0 Å². The van der Waals surface area contributed by atoms with Crippen LogP contribution in [0.15, 0.2) is 41.5 Å². The minimum Gasteiger partial charge on any atom is -0.373 e. The van der Waals surface area contributed by atoms with Crippen molar-refractivity contribution >= 4 is 34.1 Å². The minimum atomic E-state index is -0.834. The molecule has 4 rings (SSSR count). The standard InChI is InChI=1S/C15H12F2IN3/c1-21-6-8-11-9(21)5-10(18)20-15(11)14-7(3-2-4-19-14)12(16)13(8)17/h2-4,6,9-10,20H,5H2,1H3. The zero-order valence-electron chi connectivity index (χ0n) is 11.2. The van der Waals surface area contributed by atoms with Crippen molar-refractivity contribution in [2.75, 3.05) is 7.05 Å². The molecule has 0 fully saturated rings. The third kappa shape index (κ3) is 1.77. The summed E-state index contributed by atoms with van der Waals surface area (Å²) in [6, 6.07) is 3.26. The monoisotopic (exact) mass is 399 g/mol. The first kappa shape index (κ1) is 13.2. The van der Waals surface area contributed by atoms with Crippen molar-refractivity contribution in [1.82, 2.24) is 15.2 Å². The summed E-state index contributed by atoms with van der Waals surface area (Å²) >= 11 is 2.31. The van der Waals surface area contributed by atoms with Crippen LogP contribution in [0.5, 0.6) is 0 Å². The fourth-order valence-corrected chi connectivity index (χ4v) is 4.00. The van der Waals surface area contributed by atoms with Crippen molar-refractivity contribution in [2.24, 2.45) is 0 Å². The first-order valence-corrected chi connectivity index (χ1v) is 7.93. The molecule has 0 amide bonds. The van der Waals surface area contributed by atoms with Gasteiger partial charge in [0.05, 0.1) is 21.5 Å². The predicted molar refractivity (Wildman–Crippen MR) is 85.5 cm³/mol. The van der Waals surface area contributed by atoms with E-state index in [1.54, 1.807) is 24.5 Å². The molecule has 1 N–H and O–H groups in total. The van der Waals surface area contributed by atoms with Gasteiger partial charge < -0.3 is 10.2 Å². The molecule has 2 atom stereocenters. The lowest BCUT2D eigenvalue weighted by atomic mass is 9.93. The molecule has 6 heteroatoms. The maximum Gasteiger partial charge on any atom is 0.168 e. The van der Waals surface area contributed by atoms with Crippen molar-refractivity contribution in [3.8, 4) is 0 Å². The Kier molecular flexibility index (Phi) is 2.85. The molecule has 0 saturated heterocycles. The summed E-state index contributed by atoms with van der Waals surface area (Å²) in [7, 11) is 1.90. The fraction of sp³-hybridized carbons (Fsp3) is 0.267. The third-order valence-electron chi connectivity index (χ3n) is 4.16. The zero-order valence-corrected chi connectivity index (χ0v) is 13.4. The van der Waals surface area contributed by atoms with E-state index < -0.39 is 11.7 Å². The SMILES string of the molecule is CN1C=C2C(F)=C(F)c3cccnc3C3=C2C1CC(I)N3. The van der Waals surface area contributed by atoms with Crippen molar-refractivity contribution < 1.29 is 8.78 Å². The number of rotatable bonds is 0. The lowest BCUT2D eigenvalue weighted by molar-refractivity contribution is 0.361. The van der Waals surface area contributed by atoms with Gasteiger partial charge in [-0.25, -0.2) is 8.78 Å². The molecule has 0 bridgehead atoms. The second-order valence-electron chi connectivity index (χ2n) is 5.39. The number of fused-ring (bicyclic) bond motifs is 2. The molecular formula is C15H12F2IN3. The van der Waals surface area contributed by atoms with Crippen LogP contribution in [-0.2, 0) is 0 Å². The van der Waals surface area contributed by atoms with Crippen molar-refractivity contribution in [1.29, 1.82) is 0 Å². The normalized spacial score (nSPS) is 27.0. The molecule has 3 nitrogen and oxygen atoms in total. The number of nitrogens with zero attached hydrogens (tertiary/aromatic N) is 2. The summed E-state index contributed by atoms with van der Waals surface area (Å²) in [6.45, 7) is 0. The molecule has 1 aliphatic carbocycles. The molecule has 0 radical (unpaired) electrons. The quantitative estimate of drug-likeness (QED) is 0.412. The van der Waals surface area contributed by atoms with E-state index in [1.807, 2.05) is 11.9 Å². The van der Waals surface area contributed by atoms with Gasteiger partial charge >= 0.3 is 0 Å². The molecular weight excluding hydrogens is 387 g/mol. The summed E-state index contributed by atoms with van der Waals surface area (Å²) in [5.41, 5.74) is 2.61. The first-order valence-electron chi connectivity index (χ1n) is 6.68. The number of allylic oxidation sites excluding steroid dienone is 1. The number of hydrogen-bond acceptors (Lipinski definition) is 3. The Morgan fingerprint density at radius 1 is 1.38 bits per heavy atom. The molecule has 0 aromatic carbocycles. The van der Waals surface area contributed by atoms with Gasteiger partial charge in [0.1, 0.15) is 0 Å². The Bertz CT molecular complexity index is 738. The van der Waals surface area contributed by atoms with E-state index in [-0.39, 0.29) is 15.7 Å². The summed E-state index contributed by atoms with van der Waals surface area (Å²) in [6.07, 6.45) is 4.14. The van der Waals surface area contributed by atoms with E-state index in [9.17, 15) is 8.78 Å². The molecule has 3 aliphatic rings. The lowest BCUT2D eigenvalue weighted by Gasteiger charge is -2.33. The second-order valence-corrected chi connectivity index (χ2v) is 6.89. The van der Waals surface area contributed by atoms with E-state index in [4.69, 9.17) is 0 Å². The van der Waals surface area contributed by atoms with Crippen LogP contribution in [0.25, 0.3) is 11.5 Å². The Labute approximate surface area is 134 Å². The summed E-state index contributed by atoms with van der Waals surface area (Å²) in [5, 5.41) is 3.35. The lowest BCUT2D eigenvalue weighted by Crippen LogP contribution is -2.39. The Morgan fingerprint density at radius 3 is 3.00 bits per heavy atom. The molecule has 108 valence electrons. The summed E-state index contributed by atoms with van der Waals surface area (Å²) in [5.74, 6) is -1.63. The second kappa shape index (κ2) is 4.53. The van der Waals surface area contributed by atoms with Crippen LogP contribution in [0.2, 0.25) is 0 Å². The maximum atomic E-state index is 14.6. The van der Waals surface area contributed by atoms with E-state index in [1.165, 1.54) is 0 Å². The number of pyridine rings is 1. The van der Waals surface area contributed by atoms with Crippen LogP contribution in [0, 0.1) is 0 Å². The fourth-order valence-electron chi connectivity index (χ4n) is 3.21. The van der Waals surface area contributed by atoms with E-state index >= 15 is 0 Å². The molecule has 2 aliphatic heterocycles. The van der Waals surface area contributed by atoms with Gasteiger partial charge in [0, 0.05) is 42.6 Å². The van der Waals surface area contributed by atoms with E-state index in [0.29, 0.717) is 11.3 Å². The molecule has 0 spiro atoms. The zero-order chi connectivity index (χ0) is 14.7. The van der Waals surface area contributed by atoms with Crippen LogP contribution in [-0.4, -0.2) is 27.0 Å². The Morgan fingerprint density at radius 2 is 2.19 bits per heavy atom. The topological polar surface area (TPSA) is 28.2 Å². The van der Waals surface area contributed by atoms with Gasteiger partial charge in [-0.05, 0) is 12.1 Å². The van der Waals surface area contributed by atoms with Crippen LogP contribution < -0.4 is 5.32 Å². The molecule has 1 aromatic rings. The van der Waals surface area contributed by atoms with Gasteiger partial charge in [-0.15, -0.1) is 0 Å². The van der Waals surface area contributed by atoms with Crippen LogP contribution in [0.1, 0.15) is 17.7 Å². The van der Waals surface area contributed by atoms with Gasteiger partial charge in [0.15, 0.2) is 11.7 Å². The molecule has 21 heavy (non-hydrogen) atoms. The first-order chi connectivity index (χ1) is 10.1. The maximum absolute atomic E-state index is 14.6. The minimum absolute atomic E-state index is 0.0599. The summed E-state index contributed by atoms with van der Waals surface area (Å²) in [4.78, 5) is 6.25. The number of nitrogens with one attached hydrogen (secondary N) is 1. The highest BCUT2D eigenvalue weighted by atomic mass is 127. The highest BCUT2D eigenvalue weighted by Gasteiger charge is 2.41. The average molecular weight is 399 g/mol.